The summed E-state index contributed by atoms with van der Waals surface area (Å²) >= 11 is 0. The van der Waals surface area contributed by atoms with Gasteiger partial charge in [0, 0.05) is 17.1 Å². The summed E-state index contributed by atoms with van der Waals surface area (Å²) in [6.07, 6.45) is 1.42. The van der Waals surface area contributed by atoms with E-state index in [9.17, 15) is 4.79 Å². The molecule has 3 aromatic heterocycles. The molecule has 4 rings (SSSR count). The van der Waals surface area contributed by atoms with Gasteiger partial charge in [0.1, 0.15) is 5.76 Å². The van der Waals surface area contributed by atoms with Gasteiger partial charge in [-0.15, -0.1) is 0 Å². The van der Waals surface area contributed by atoms with Crippen LogP contribution in [0.25, 0.3) is 33.1 Å². The Bertz CT molecular complexity index is 1120. The van der Waals surface area contributed by atoms with E-state index in [-0.39, 0.29) is 0 Å². The van der Waals surface area contributed by atoms with E-state index >= 15 is 4.39 Å². The van der Waals surface area contributed by atoms with Gasteiger partial charge in [-0.05, 0) is 26.0 Å². The first-order chi connectivity index (χ1) is 12.0. The van der Waals surface area contributed by atoms with Crippen molar-refractivity contribution in [3.8, 4) is 11.1 Å². The minimum absolute atomic E-state index is 0.299. The number of aromatic amines is 1. The molecule has 1 aromatic carbocycles. The average molecular weight is 339 g/mol. The van der Waals surface area contributed by atoms with Gasteiger partial charge in [0.05, 0.1) is 40.5 Å². The van der Waals surface area contributed by atoms with Crippen LogP contribution >= 0.6 is 0 Å². The lowest BCUT2D eigenvalue weighted by molar-refractivity contribution is 0.0600. The molecule has 0 amide bonds. The van der Waals surface area contributed by atoms with Crippen LogP contribution < -0.4 is 0 Å². The maximum absolute atomic E-state index is 15.1. The van der Waals surface area contributed by atoms with Crippen molar-refractivity contribution in [2.24, 2.45) is 0 Å². The molecule has 0 atom stereocenters. The van der Waals surface area contributed by atoms with Gasteiger partial charge in [0.25, 0.3) is 0 Å². The highest BCUT2D eigenvalue weighted by Crippen LogP contribution is 2.35. The second-order valence-electron chi connectivity index (χ2n) is 5.79. The SMILES string of the molecule is COC(=O)c1cnc2c(c1)[nH]c1c(F)c(-c3c(C)noc3C)ccc12. The van der Waals surface area contributed by atoms with Crippen LogP contribution in [0.4, 0.5) is 4.39 Å². The number of nitrogens with zero attached hydrogens (tertiary/aromatic N) is 2. The molecule has 0 aliphatic heterocycles. The first-order valence-corrected chi connectivity index (χ1v) is 7.62. The molecule has 7 heteroatoms. The Morgan fingerprint density at radius 2 is 2.12 bits per heavy atom. The molecule has 6 nitrogen and oxygen atoms in total. The highest BCUT2D eigenvalue weighted by atomic mass is 19.1. The Morgan fingerprint density at radius 3 is 2.80 bits per heavy atom. The van der Waals surface area contributed by atoms with Crippen LogP contribution in [0.2, 0.25) is 0 Å². The number of esters is 1. The predicted molar refractivity (Wildman–Crippen MR) is 89.9 cm³/mol. The lowest BCUT2D eigenvalue weighted by Gasteiger charge is -2.03. The molecule has 0 unspecified atom stereocenters. The van der Waals surface area contributed by atoms with Crippen LogP contribution in [-0.2, 0) is 4.74 Å². The molecule has 0 spiro atoms. The van der Waals surface area contributed by atoms with Gasteiger partial charge in [-0.1, -0.05) is 11.2 Å². The van der Waals surface area contributed by atoms with Gasteiger partial charge in [-0.25, -0.2) is 9.18 Å². The predicted octanol–water partition coefficient (Wildman–Crippen LogP) is 3.91. The number of fused-ring (bicyclic) bond motifs is 3. The van der Waals surface area contributed by atoms with Crippen molar-refractivity contribution in [1.82, 2.24) is 15.1 Å². The number of rotatable bonds is 2. The quantitative estimate of drug-likeness (QED) is 0.560. The third-order valence-electron chi connectivity index (χ3n) is 4.27. The molecule has 3 heterocycles. The molecule has 0 aliphatic carbocycles. The number of carbonyl (C=O) groups excluding carboxylic acids is 1. The summed E-state index contributed by atoms with van der Waals surface area (Å²) in [4.78, 5) is 18.9. The zero-order valence-electron chi connectivity index (χ0n) is 13.8. The minimum Gasteiger partial charge on any atom is -0.465 e. The minimum atomic E-state index is -0.495. The van der Waals surface area contributed by atoms with E-state index in [0.29, 0.717) is 50.1 Å². The molecule has 0 radical (unpaired) electrons. The van der Waals surface area contributed by atoms with Crippen molar-refractivity contribution in [1.29, 1.82) is 0 Å². The van der Waals surface area contributed by atoms with E-state index in [2.05, 4.69) is 15.1 Å². The summed E-state index contributed by atoms with van der Waals surface area (Å²) in [6, 6.07) is 5.08. The third-order valence-corrected chi connectivity index (χ3v) is 4.27. The molecule has 0 bridgehead atoms. The van der Waals surface area contributed by atoms with Crippen LogP contribution in [-0.4, -0.2) is 28.2 Å². The Morgan fingerprint density at radius 1 is 1.32 bits per heavy atom. The number of carbonyl (C=O) groups is 1. The van der Waals surface area contributed by atoms with Crippen molar-refractivity contribution in [2.75, 3.05) is 7.11 Å². The Balaban J connectivity index is 1.98. The maximum Gasteiger partial charge on any atom is 0.339 e. The normalized spacial score (nSPS) is 11.4. The van der Waals surface area contributed by atoms with E-state index < -0.39 is 11.8 Å². The summed E-state index contributed by atoms with van der Waals surface area (Å²) in [5.41, 5.74) is 3.44. The highest BCUT2D eigenvalue weighted by Gasteiger charge is 2.20. The zero-order chi connectivity index (χ0) is 17.7. The highest BCUT2D eigenvalue weighted by molar-refractivity contribution is 6.07. The largest absolute Gasteiger partial charge is 0.465 e. The van der Waals surface area contributed by atoms with Gasteiger partial charge < -0.3 is 14.2 Å². The van der Waals surface area contributed by atoms with E-state index in [1.54, 1.807) is 32.0 Å². The molecule has 0 saturated heterocycles. The number of halogens is 1. The molecule has 126 valence electrons. The van der Waals surface area contributed by atoms with Crippen LogP contribution in [0.1, 0.15) is 21.8 Å². The lowest BCUT2D eigenvalue weighted by atomic mass is 10.0. The van der Waals surface area contributed by atoms with E-state index in [0.717, 1.165) is 0 Å². The molecule has 1 N–H and O–H groups in total. The summed E-state index contributed by atoms with van der Waals surface area (Å²) in [6.45, 7) is 3.51. The number of aromatic nitrogens is 3. The molecule has 4 aromatic rings. The summed E-state index contributed by atoms with van der Waals surface area (Å²) in [7, 11) is 1.30. The van der Waals surface area contributed by atoms with Crippen LogP contribution in [0.15, 0.2) is 28.9 Å². The molecule has 0 saturated carbocycles. The average Bonchev–Trinajstić information content (AvgIpc) is 3.15. The van der Waals surface area contributed by atoms with Crippen molar-refractivity contribution in [3.63, 3.8) is 0 Å². The molecular formula is C18H14FN3O3. The third kappa shape index (κ3) is 2.20. The van der Waals surface area contributed by atoms with E-state index in [1.165, 1.54) is 13.3 Å². The number of hydrogen-bond donors (Lipinski definition) is 1. The number of benzene rings is 1. The number of hydrogen-bond acceptors (Lipinski definition) is 5. The van der Waals surface area contributed by atoms with Gasteiger partial charge in [0.15, 0.2) is 5.82 Å². The molecule has 0 fully saturated rings. The fourth-order valence-corrected chi connectivity index (χ4v) is 3.10. The van der Waals surface area contributed by atoms with Gasteiger partial charge in [0.2, 0.25) is 0 Å². The first-order valence-electron chi connectivity index (χ1n) is 7.62. The Hall–Kier alpha value is -3.22. The number of methoxy groups -OCH3 is 1. The second kappa shape index (κ2) is 5.41. The van der Waals surface area contributed by atoms with E-state index in [4.69, 9.17) is 9.26 Å². The smallest absolute Gasteiger partial charge is 0.339 e. The number of H-pyrrole nitrogens is 1. The number of pyridine rings is 1. The van der Waals surface area contributed by atoms with Crippen LogP contribution in [0.5, 0.6) is 0 Å². The first kappa shape index (κ1) is 15.3. The molecule has 25 heavy (non-hydrogen) atoms. The summed E-state index contributed by atoms with van der Waals surface area (Å²) in [5.74, 6) is -0.354. The topological polar surface area (TPSA) is 81.0 Å². The van der Waals surface area contributed by atoms with Crippen LogP contribution in [0.3, 0.4) is 0 Å². The second-order valence-corrected chi connectivity index (χ2v) is 5.79. The van der Waals surface area contributed by atoms with Crippen molar-refractivity contribution >= 4 is 27.9 Å². The summed E-state index contributed by atoms with van der Waals surface area (Å²) < 4.78 is 25.0. The van der Waals surface area contributed by atoms with Crippen molar-refractivity contribution < 1.29 is 18.4 Å². The zero-order valence-corrected chi connectivity index (χ0v) is 13.8. The van der Waals surface area contributed by atoms with Crippen molar-refractivity contribution in [2.45, 2.75) is 13.8 Å². The standard InChI is InChI=1S/C18H14FN3O3/c1-8-14(9(2)25-22-8)11-4-5-12-16-13(21-17(12)15(11)19)6-10(7-20-16)18(23)24-3/h4-7,21H,1-3H3. The number of aryl methyl sites for hydroxylation is 2. The van der Waals surface area contributed by atoms with E-state index in [1.807, 2.05) is 0 Å². The molecular weight excluding hydrogens is 325 g/mol. The van der Waals surface area contributed by atoms with Gasteiger partial charge >= 0.3 is 5.97 Å². The molecule has 0 aliphatic rings. The monoisotopic (exact) mass is 339 g/mol. The lowest BCUT2D eigenvalue weighted by Crippen LogP contribution is -2.01. The number of ether oxygens (including phenoxy) is 1. The fourth-order valence-electron chi connectivity index (χ4n) is 3.10. The fraction of sp³-hybridized carbons (Fsp3) is 0.167. The number of nitrogens with one attached hydrogen (secondary N) is 1. The van der Waals surface area contributed by atoms with Gasteiger partial charge in [-0.3, -0.25) is 4.98 Å². The summed E-state index contributed by atoms with van der Waals surface area (Å²) in [5, 5.41) is 4.52. The van der Waals surface area contributed by atoms with Crippen LogP contribution in [0, 0.1) is 19.7 Å². The maximum atomic E-state index is 15.1. The van der Waals surface area contributed by atoms with Gasteiger partial charge in [-0.2, -0.15) is 0 Å². The van der Waals surface area contributed by atoms with Crippen molar-refractivity contribution in [3.05, 3.63) is 47.2 Å². The Kier molecular flexibility index (Phi) is 3.31. The Labute approximate surface area is 141 Å².